The van der Waals surface area contributed by atoms with Crippen molar-refractivity contribution in [2.45, 2.75) is 38.5 Å². The lowest BCUT2D eigenvalue weighted by atomic mass is 10.1. The smallest absolute Gasteiger partial charge is 0.251 e. The maximum absolute atomic E-state index is 12.7. The van der Waals surface area contributed by atoms with Crippen molar-refractivity contribution in [1.29, 1.82) is 0 Å². The molecule has 0 fully saturated rings. The van der Waals surface area contributed by atoms with Crippen LogP contribution in [0.4, 0.5) is 5.69 Å². The van der Waals surface area contributed by atoms with Gasteiger partial charge in [0.05, 0.1) is 18.9 Å². The molecule has 1 atom stereocenters. The number of aryl methyl sites for hydroxylation is 2. The number of methoxy groups -OCH3 is 1. The van der Waals surface area contributed by atoms with Crippen LogP contribution in [0.2, 0.25) is 0 Å². The molecule has 0 saturated heterocycles. The molecule has 0 bridgehead atoms. The van der Waals surface area contributed by atoms with E-state index in [0.29, 0.717) is 28.8 Å². The highest BCUT2D eigenvalue weighted by atomic mass is 32.2. The summed E-state index contributed by atoms with van der Waals surface area (Å²) < 4.78 is 6.98. The number of anilines is 1. The Morgan fingerprint density at radius 3 is 2.56 bits per heavy atom. The zero-order chi connectivity index (χ0) is 24.7. The molecule has 0 aliphatic rings. The molecule has 34 heavy (non-hydrogen) atoms. The van der Waals surface area contributed by atoms with Crippen molar-refractivity contribution >= 4 is 29.3 Å². The van der Waals surface area contributed by atoms with E-state index in [9.17, 15) is 9.59 Å². The first-order valence-electron chi connectivity index (χ1n) is 10.8. The van der Waals surface area contributed by atoms with Crippen LogP contribution in [0.1, 0.15) is 40.3 Å². The normalized spacial score (nSPS) is 11.5. The Kier molecular flexibility index (Phi) is 8.48. The van der Waals surface area contributed by atoms with Crippen LogP contribution in [0.15, 0.2) is 60.3 Å². The highest BCUT2D eigenvalue weighted by Crippen LogP contribution is 2.22. The van der Waals surface area contributed by atoms with Crippen LogP contribution in [0, 0.1) is 13.8 Å². The van der Waals surface area contributed by atoms with E-state index in [-0.39, 0.29) is 17.6 Å². The molecule has 0 saturated carbocycles. The summed E-state index contributed by atoms with van der Waals surface area (Å²) in [6, 6.07) is 12.4. The minimum absolute atomic E-state index is 0.132. The molecule has 8 nitrogen and oxygen atoms in total. The van der Waals surface area contributed by atoms with Gasteiger partial charge < -0.3 is 19.9 Å². The first kappa shape index (κ1) is 25.0. The number of benzene rings is 2. The van der Waals surface area contributed by atoms with Gasteiger partial charge in [-0.25, -0.2) is 0 Å². The van der Waals surface area contributed by atoms with Gasteiger partial charge in [0.15, 0.2) is 11.0 Å². The number of rotatable bonds is 10. The second-order valence-electron chi connectivity index (χ2n) is 7.82. The van der Waals surface area contributed by atoms with Crippen molar-refractivity contribution in [3.8, 4) is 5.75 Å². The summed E-state index contributed by atoms with van der Waals surface area (Å²) in [4.78, 5) is 25.2. The zero-order valence-electron chi connectivity index (χ0n) is 19.8. The van der Waals surface area contributed by atoms with Crippen LogP contribution in [0.3, 0.4) is 0 Å². The topological polar surface area (TPSA) is 98.1 Å². The van der Waals surface area contributed by atoms with Crippen molar-refractivity contribution in [3.05, 3.63) is 77.6 Å². The van der Waals surface area contributed by atoms with Crippen LogP contribution in [0.25, 0.3) is 0 Å². The number of nitrogens with zero attached hydrogens (tertiary/aromatic N) is 3. The SMILES string of the molecule is C=CCn1c(SCC(=O)Nc2ccc(C)cc2C)nnc1C(C)NC(=O)c1ccc(OC)cc1. The summed E-state index contributed by atoms with van der Waals surface area (Å²) in [7, 11) is 1.58. The van der Waals surface area contributed by atoms with Gasteiger partial charge in [-0.05, 0) is 56.7 Å². The van der Waals surface area contributed by atoms with Crippen LogP contribution in [-0.2, 0) is 11.3 Å². The molecule has 9 heteroatoms. The molecule has 0 aliphatic heterocycles. The van der Waals surface area contributed by atoms with Gasteiger partial charge in [-0.1, -0.05) is 35.5 Å². The number of allylic oxidation sites excluding steroid dienone is 1. The van der Waals surface area contributed by atoms with Crippen molar-refractivity contribution < 1.29 is 14.3 Å². The maximum atomic E-state index is 12.7. The Morgan fingerprint density at radius 2 is 1.91 bits per heavy atom. The van der Waals surface area contributed by atoms with Crippen LogP contribution in [0.5, 0.6) is 5.75 Å². The molecule has 0 spiro atoms. The van der Waals surface area contributed by atoms with Crippen LogP contribution >= 0.6 is 11.8 Å². The fourth-order valence-electron chi connectivity index (χ4n) is 3.38. The van der Waals surface area contributed by atoms with Gasteiger partial charge in [-0.15, -0.1) is 16.8 Å². The largest absolute Gasteiger partial charge is 0.497 e. The van der Waals surface area contributed by atoms with E-state index in [1.165, 1.54) is 11.8 Å². The summed E-state index contributed by atoms with van der Waals surface area (Å²) in [6.45, 7) is 10.1. The highest BCUT2D eigenvalue weighted by molar-refractivity contribution is 7.99. The van der Waals surface area contributed by atoms with E-state index in [1.807, 2.05) is 43.5 Å². The van der Waals surface area contributed by atoms with Gasteiger partial charge in [0, 0.05) is 17.8 Å². The number of thioether (sulfide) groups is 1. The molecule has 3 aromatic rings. The minimum atomic E-state index is -0.402. The predicted molar refractivity (Wildman–Crippen MR) is 134 cm³/mol. The monoisotopic (exact) mass is 479 g/mol. The van der Waals surface area contributed by atoms with E-state index in [4.69, 9.17) is 4.74 Å². The third-order valence-corrected chi connectivity index (χ3v) is 6.10. The fraction of sp³-hybridized carbons (Fsp3) is 0.280. The van der Waals surface area contributed by atoms with Crippen molar-refractivity contribution in [2.75, 3.05) is 18.2 Å². The first-order valence-corrected chi connectivity index (χ1v) is 11.8. The molecule has 2 aromatic carbocycles. The average Bonchev–Trinajstić information content (AvgIpc) is 3.22. The van der Waals surface area contributed by atoms with E-state index in [1.54, 1.807) is 37.5 Å². The van der Waals surface area contributed by atoms with Gasteiger partial charge in [0.25, 0.3) is 5.91 Å². The molecule has 1 aromatic heterocycles. The molecule has 1 unspecified atom stereocenters. The number of carbonyl (C=O) groups is 2. The number of nitrogens with one attached hydrogen (secondary N) is 2. The summed E-state index contributed by atoms with van der Waals surface area (Å²) in [5, 5.41) is 15.0. The molecule has 0 radical (unpaired) electrons. The molecular weight excluding hydrogens is 450 g/mol. The zero-order valence-corrected chi connectivity index (χ0v) is 20.6. The standard InChI is InChI=1S/C25H29N5O3S/c1-6-13-30-23(18(4)26-24(32)19-8-10-20(33-5)11-9-19)28-29-25(30)34-15-22(31)27-21-12-7-16(2)14-17(21)3/h6-12,14,18H,1,13,15H2,2-5H3,(H,26,32)(H,27,31). The van der Waals surface area contributed by atoms with E-state index in [2.05, 4.69) is 27.4 Å². The second kappa shape index (κ2) is 11.5. The second-order valence-corrected chi connectivity index (χ2v) is 8.76. The van der Waals surface area contributed by atoms with Gasteiger partial charge >= 0.3 is 0 Å². The number of ether oxygens (including phenoxy) is 1. The highest BCUT2D eigenvalue weighted by Gasteiger charge is 2.20. The van der Waals surface area contributed by atoms with E-state index < -0.39 is 6.04 Å². The summed E-state index contributed by atoms with van der Waals surface area (Å²) >= 11 is 1.28. The number of carbonyl (C=O) groups excluding carboxylic acids is 2. The molecule has 2 N–H and O–H groups in total. The van der Waals surface area contributed by atoms with Crippen molar-refractivity contribution in [3.63, 3.8) is 0 Å². The molecular formula is C25H29N5O3S. The Bertz CT molecular complexity index is 1170. The van der Waals surface area contributed by atoms with Crippen LogP contribution < -0.4 is 15.4 Å². The van der Waals surface area contributed by atoms with Crippen molar-refractivity contribution in [1.82, 2.24) is 20.1 Å². The molecule has 0 aliphatic carbocycles. The lowest BCUT2D eigenvalue weighted by Gasteiger charge is -2.15. The number of amides is 2. The van der Waals surface area contributed by atoms with E-state index in [0.717, 1.165) is 16.8 Å². The summed E-state index contributed by atoms with van der Waals surface area (Å²) in [6.07, 6.45) is 1.73. The molecule has 1 heterocycles. The van der Waals surface area contributed by atoms with Crippen molar-refractivity contribution in [2.24, 2.45) is 0 Å². The Labute approximate surface area is 203 Å². The van der Waals surface area contributed by atoms with Gasteiger partial charge in [0.1, 0.15) is 5.75 Å². The predicted octanol–water partition coefficient (Wildman–Crippen LogP) is 4.31. The Balaban J connectivity index is 1.66. The number of aromatic nitrogens is 3. The number of hydrogen-bond acceptors (Lipinski definition) is 6. The Hall–Kier alpha value is -3.59. The quantitative estimate of drug-likeness (QED) is 0.332. The third kappa shape index (κ3) is 6.26. The fourth-order valence-corrected chi connectivity index (χ4v) is 4.14. The minimum Gasteiger partial charge on any atom is -0.497 e. The third-order valence-electron chi connectivity index (χ3n) is 5.13. The van der Waals surface area contributed by atoms with Gasteiger partial charge in [0.2, 0.25) is 5.91 Å². The summed E-state index contributed by atoms with van der Waals surface area (Å²) in [5.41, 5.74) is 3.46. The van der Waals surface area contributed by atoms with Crippen LogP contribution in [-0.4, -0.2) is 39.4 Å². The lowest BCUT2D eigenvalue weighted by Crippen LogP contribution is -2.28. The average molecular weight is 480 g/mol. The molecule has 3 rings (SSSR count). The summed E-state index contributed by atoms with van der Waals surface area (Å²) in [5.74, 6) is 1.07. The Morgan fingerprint density at radius 1 is 1.18 bits per heavy atom. The van der Waals surface area contributed by atoms with E-state index >= 15 is 0 Å². The number of hydrogen-bond donors (Lipinski definition) is 2. The first-order chi connectivity index (χ1) is 16.3. The van der Waals surface area contributed by atoms with Gasteiger partial charge in [-0.3, -0.25) is 9.59 Å². The lowest BCUT2D eigenvalue weighted by molar-refractivity contribution is -0.113. The van der Waals surface area contributed by atoms with Gasteiger partial charge in [-0.2, -0.15) is 0 Å². The maximum Gasteiger partial charge on any atom is 0.251 e. The molecule has 2 amide bonds. The molecule has 178 valence electrons.